The first-order valence-corrected chi connectivity index (χ1v) is 9.19. The molecule has 5 nitrogen and oxygen atoms in total. The molecule has 3 aromatic carbocycles. The number of aromatic hydroxyl groups is 1. The van der Waals surface area contributed by atoms with Gasteiger partial charge in [-0.1, -0.05) is 36.4 Å². The van der Waals surface area contributed by atoms with Gasteiger partial charge in [-0.2, -0.15) is 5.10 Å². The number of hydrogen-bond acceptors (Lipinski definition) is 5. The molecule has 142 valence electrons. The summed E-state index contributed by atoms with van der Waals surface area (Å²) in [6.07, 6.45) is 0.762. The maximum atomic E-state index is 9.45. The van der Waals surface area contributed by atoms with E-state index < -0.39 is 0 Å². The average molecular weight is 374 g/mol. The van der Waals surface area contributed by atoms with Crippen molar-refractivity contribution in [3.63, 3.8) is 0 Å². The van der Waals surface area contributed by atoms with Gasteiger partial charge in [-0.25, -0.2) is 0 Å². The van der Waals surface area contributed by atoms with Crippen molar-refractivity contribution >= 4 is 5.71 Å². The summed E-state index contributed by atoms with van der Waals surface area (Å²) in [4.78, 5) is 0. The predicted octanol–water partition coefficient (Wildman–Crippen LogP) is 4.42. The van der Waals surface area contributed by atoms with Gasteiger partial charge in [0.1, 0.15) is 12.4 Å². The van der Waals surface area contributed by atoms with Crippen LogP contribution in [0.3, 0.4) is 0 Å². The Kier molecular flexibility index (Phi) is 5.15. The first-order chi connectivity index (χ1) is 13.7. The molecule has 0 amide bonds. The molecule has 0 saturated heterocycles. The van der Waals surface area contributed by atoms with Gasteiger partial charge >= 0.3 is 0 Å². The average Bonchev–Trinajstić information content (AvgIpc) is 3.23. The molecule has 28 heavy (non-hydrogen) atoms. The molecule has 0 radical (unpaired) electrons. The third kappa shape index (κ3) is 3.93. The minimum Gasteiger partial charge on any atom is -0.508 e. The number of hydrogen-bond donors (Lipinski definition) is 2. The number of benzene rings is 3. The van der Waals surface area contributed by atoms with Crippen LogP contribution in [0.4, 0.5) is 0 Å². The van der Waals surface area contributed by atoms with E-state index in [-0.39, 0.29) is 11.8 Å². The fourth-order valence-corrected chi connectivity index (χ4v) is 3.22. The van der Waals surface area contributed by atoms with Gasteiger partial charge in [0.05, 0.1) is 18.9 Å². The smallest absolute Gasteiger partial charge is 0.161 e. The van der Waals surface area contributed by atoms with E-state index in [0.29, 0.717) is 18.1 Å². The van der Waals surface area contributed by atoms with Crippen molar-refractivity contribution in [1.82, 2.24) is 5.43 Å². The summed E-state index contributed by atoms with van der Waals surface area (Å²) in [5.41, 5.74) is 7.36. The van der Waals surface area contributed by atoms with Crippen LogP contribution in [0.25, 0.3) is 0 Å². The van der Waals surface area contributed by atoms with Crippen LogP contribution < -0.4 is 14.9 Å². The zero-order valence-corrected chi connectivity index (χ0v) is 15.6. The Morgan fingerprint density at radius 3 is 2.54 bits per heavy atom. The molecule has 1 atom stereocenters. The zero-order valence-electron chi connectivity index (χ0n) is 15.6. The summed E-state index contributed by atoms with van der Waals surface area (Å²) in [6.45, 7) is 0.492. The fourth-order valence-electron chi connectivity index (χ4n) is 3.22. The summed E-state index contributed by atoms with van der Waals surface area (Å²) in [5.74, 6) is 1.67. The summed E-state index contributed by atoms with van der Waals surface area (Å²) in [6, 6.07) is 23.2. The van der Waals surface area contributed by atoms with E-state index in [4.69, 9.17) is 9.47 Å². The monoisotopic (exact) mass is 374 g/mol. The number of methoxy groups -OCH3 is 1. The lowest BCUT2D eigenvalue weighted by Crippen LogP contribution is -2.10. The molecule has 1 unspecified atom stereocenters. The number of rotatable bonds is 6. The number of phenols is 1. The molecular weight excluding hydrogens is 352 g/mol. The molecule has 0 saturated carbocycles. The topological polar surface area (TPSA) is 63.1 Å². The van der Waals surface area contributed by atoms with Crippen molar-refractivity contribution in [3.8, 4) is 17.2 Å². The van der Waals surface area contributed by atoms with Crippen LogP contribution in [-0.4, -0.2) is 17.9 Å². The molecule has 0 spiro atoms. The maximum absolute atomic E-state index is 9.45. The molecule has 2 N–H and O–H groups in total. The molecule has 3 aromatic rings. The van der Waals surface area contributed by atoms with E-state index in [1.165, 1.54) is 0 Å². The van der Waals surface area contributed by atoms with Gasteiger partial charge in [-0.05, 0) is 53.1 Å². The first kappa shape index (κ1) is 17.9. The van der Waals surface area contributed by atoms with Gasteiger partial charge in [0, 0.05) is 6.42 Å². The largest absolute Gasteiger partial charge is 0.508 e. The van der Waals surface area contributed by atoms with Gasteiger partial charge in [-0.15, -0.1) is 0 Å². The highest BCUT2D eigenvalue weighted by Crippen LogP contribution is 2.33. The second-order valence-electron chi connectivity index (χ2n) is 6.68. The second kappa shape index (κ2) is 8.05. The van der Waals surface area contributed by atoms with E-state index in [2.05, 4.69) is 10.5 Å². The number of hydrazone groups is 1. The molecule has 0 aliphatic carbocycles. The Labute approximate surface area is 164 Å². The molecule has 0 fully saturated rings. The van der Waals surface area contributed by atoms with Gasteiger partial charge in [0.2, 0.25) is 0 Å². The molecule has 4 rings (SSSR count). The lowest BCUT2D eigenvalue weighted by Gasteiger charge is -2.15. The number of nitrogens with zero attached hydrogens (tertiary/aromatic N) is 1. The normalized spacial score (nSPS) is 15.6. The van der Waals surface area contributed by atoms with E-state index in [1.807, 2.05) is 60.7 Å². The highest BCUT2D eigenvalue weighted by molar-refractivity contribution is 6.01. The minimum atomic E-state index is 0.0703. The van der Waals surface area contributed by atoms with Crippen molar-refractivity contribution < 1.29 is 14.6 Å². The lowest BCUT2D eigenvalue weighted by atomic mass is 9.99. The first-order valence-electron chi connectivity index (χ1n) is 9.19. The van der Waals surface area contributed by atoms with Crippen molar-refractivity contribution in [2.75, 3.05) is 7.11 Å². The summed E-state index contributed by atoms with van der Waals surface area (Å²) >= 11 is 0. The summed E-state index contributed by atoms with van der Waals surface area (Å²) in [7, 11) is 1.65. The molecule has 0 aromatic heterocycles. The van der Waals surface area contributed by atoms with Gasteiger partial charge in [0.25, 0.3) is 0 Å². The molecular formula is C23H22N2O3. The van der Waals surface area contributed by atoms with Gasteiger partial charge < -0.3 is 20.0 Å². The van der Waals surface area contributed by atoms with Crippen LogP contribution in [0.5, 0.6) is 17.2 Å². The highest BCUT2D eigenvalue weighted by atomic mass is 16.5. The predicted molar refractivity (Wildman–Crippen MR) is 109 cm³/mol. The lowest BCUT2D eigenvalue weighted by molar-refractivity contribution is 0.284. The Hall–Kier alpha value is -3.47. The fraction of sp³-hybridized carbons (Fsp3) is 0.174. The standard InChI is InChI=1S/C23H22N2O3/c1-27-23-13-18(9-12-22(23)28-15-16-5-3-2-4-6-16)21-14-20(24-25-21)17-7-10-19(26)11-8-17/h2-13,21,25-26H,14-15H2,1H3. The zero-order chi connectivity index (χ0) is 19.3. The summed E-state index contributed by atoms with van der Waals surface area (Å²) < 4.78 is 11.5. The van der Waals surface area contributed by atoms with Crippen LogP contribution in [0.1, 0.15) is 29.2 Å². The van der Waals surface area contributed by atoms with Crippen molar-refractivity contribution in [2.24, 2.45) is 5.10 Å². The Balaban J connectivity index is 1.45. The molecule has 1 heterocycles. The second-order valence-corrected chi connectivity index (χ2v) is 6.68. The third-order valence-electron chi connectivity index (χ3n) is 4.78. The van der Waals surface area contributed by atoms with E-state index >= 15 is 0 Å². The number of ether oxygens (including phenoxy) is 2. The van der Waals surface area contributed by atoms with Gasteiger partial charge in [-0.3, -0.25) is 0 Å². The van der Waals surface area contributed by atoms with Crippen molar-refractivity contribution in [3.05, 3.63) is 89.5 Å². The van der Waals surface area contributed by atoms with Crippen LogP contribution in [0.2, 0.25) is 0 Å². The van der Waals surface area contributed by atoms with Crippen molar-refractivity contribution in [2.45, 2.75) is 19.1 Å². The Bertz CT molecular complexity index is 969. The number of phenolic OH excluding ortho intramolecular Hbond substituents is 1. The Morgan fingerprint density at radius 2 is 1.79 bits per heavy atom. The minimum absolute atomic E-state index is 0.0703. The van der Waals surface area contributed by atoms with E-state index in [9.17, 15) is 5.11 Å². The van der Waals surface area contributed by atoms with E-state index in [0.717, 1.165) is 28.8 Å². The van der Waals surface area contributed by atoms with Gasteiger partial charge in [0.15, 0.2) is 11.5 Å². The van der Waals surface area contributed by atoms with Crippen LogP contribution in [0, 0.1) is 0 Å². The SMILES string of the molecule is COc1cc(C2CC(c3ccc(O)cc3)=NN2)ccc1OCc1ccccc1. The maximum Gasteiger partial charge on any atom is 0.161 e. The third-order valence-corrected chi connectivity index (χ3v) is 4.78. The quantitative estimate of drug-likeness (QED) is 0.670. The van der Waals surface area contributed by atoms with Crippen LogP contribution in [-0.2, 0) is 6.61 Å². The molecule has 1 aliphatic heterocycles. The van der Waals surface area contributed by atoms with Crippen molar-refractivity contribution in [1.29, 1.82) is 0 Å². The van der Waals surface area contributed by atoms with Crippen LogP contribution in [0.15, 0.2) is 77.9 Å². The molecule has 1 aliphatic rings. The number of nitrogens with one attached hydrogen (secondary N) is 1. The van der Waals surface area contributed by atoms with Crippen LogP contribution >= 0.6 is 0 Å². The van der Waals surface area contributed by atoms with E-state index in [1.54, 1.807) is 19.2 Å². The highest BCUT2D eigenvalue weighted by Gasteiger charge is 2.22. The summed E-state index contributed by atoms with van der Waals surface area (Å²) in [5, 5.41) is 13.9. The molecule has 0 bridgehead atoms. The Morgan fingerprint density at radius 1 is 1.00 bits per heavy atom. The molecule has 5 heteroatoms.